The average Bonchev–Trinajstić information content (AvgIpc) is 3.29. The van der Waals surface area contributed by atoms with Crippen LogP contribution in [0.1, 0.15) is 81.1 Å². The van der Waals surface area contributed by atoms with Gasteiger partial charge in [0.05, 0.1) is 23.7 Å². The van der Waals surface area contributed by atoms with Crippen LogP contribution in [0.2, 0.25) is 0 Å². The molecule has 1 amide bonds. The lowest BCUT2D eigenvalue weighted by Crippen LogP contribution is -2.50. The van der Waals surface area contributed by atoms with Crippen molar-refractivity contribution in [3.8, 4) is 0 Å². The fourth-order valence-corrected chi connectivity index (χ4v) is 6.08. The predicted octanol–water partition coefficient (Wildman–Crippen LogP) is 4.12. The molecule has 9 nitrogen and oxygen atoms in total. The highest BCUT2D eigenvalue weighted by Crippen LogP contribution is 2.57. The highest BCUT2D eigenvalue weighted by Gasteiger charge is 2.53. The number of amides is 1. The number of H-pyrrole nitrogens is 1. The topological polar surface area (TPSA) is 140 Å². The number of rotatable bonds is 5. The van der Waals surface area contributed by atoms with E-state index in [2.05, 4.69) is 20.3 Å². The van der Waals surface area contributed by atoms with Crippen molar-refractivity contribution in [3.63, 3.8) is 0 Å². The van der Waals surface area contributed by atoms with Crippen LogP contribution in [-0.2, 0) is 14.3 Å². The molecule has 4 saturated carbocycles. The Kier molecular flexibility index (Phi) is 7.64. The number of carbonyl (C=O) groups is 3. The van der Waals surface area contributed by atoms with Crippen LogP contribution >= 0.6 is 11.6 Å². The van der Waals surface area contributed by atoms with Crippen molar-refractivity contribution in [1.29, 1.82) is 0 Å². The molecule has 2 aromatic rings. The van der Waals surface area contributed by atoms with Crippen LogP contribution in [0.25, 0.3) is 11.0 Å². The lowest BCUT2D eigenvalue weighted by Gasteiger charge is -2.51. The zero-order valence-corrected chi connectivity index (χ0v) is 21.0. The van der Waals surface area contributed by atoms with Gasteiger partial charge in [0, 0.05) is 18.7 Å². The maximum atomic E-state index is 12.7. The van der Waals surface area contributed by atoms with E-state index in [-0.39, 0.29) is 33.9 Å². The molecule has 0 aromatic carbocycles. The molecule has 0 radical (unpaired) electrons. The summed E-state index contributed by atoms with van der Waals surface area (Å²) in [4.78, 5) is 46.5. The van der Waals surface area contributed by atoms with Crippen LogP contribution < -0.4 is 11.1 Å². The highest BCUT2D eigenvalue weighted by atomic mass is 35.5. The number of halogens is 1. The van der Waals surface area contributed by atoms with Crippen LogP contribution in [0.3, 0.4) is 0 Å². The molecule has 190 valence electrons. The number of nitrogens with zero attached hydrogens (tertiary/aromatic N) is 2. The van der Waals surface area contributed by atoms with E-state index in [1.165, 1.54) is 32.7 Å². The van der Waals surface area contributed by atoms with Crippen molar-refractivity contribution in [1.82, 2.24) is 20.3 Å². The number of aromatic amines is 1. The van der Waals surface area contributed by atoms with Gasteiger partial charge < -0.3 is 20.8 Å². The lowest BCUT2D eigenvalue weighted by molar-refractivity contribution is -0.162. The molecule has 2 heterocycles. The average molecular weight is 504 g/mol. The van der Waals surface area contributed by atoms with Gasteiger partial charge in [0.25, 0.3) is 5.91 Å². The second kappa shape index (κ2) is 10.5. The van der Waals surface area contributed by atoms with Crippen LogP contribution in [-0.4, -0.2) is 45.7 Å². The van der Waals surface area contributed by atoms with Crippen molar-refractivity contribution >= 4 is 45.4 Å². The Bertz CT molecular complexity index is 1070. The van der Waals surface area contributed by atoms with Crippen molar-refractivity contribution in [2.75, 3.05) is 19.4 Å². The fraction of sp³-hybridized carbons (Fsp3) is 0.640. The predicted molar refractivity (Wildman–Crippen MR) is 133 cm³/mol. The lowest BCUT2D eigenvalue weighted by atomic mass is 9.53. The summed E-state index contributed by atoms with van der Waals surface area (Å²) in [5, 5.41) is 2.91. The van der Waals surface area contributed by atoms with E-state index in [1.807, 2.05) is 0 Å². The molecule has 4 aliphatic rings. The monoisotopic (exact) mass is 503 g/mol. The number of nitrogens with one attached hydrogen (secondary N) is 2. The summed E-state index contributed by atoms with van der Waals surface area (Å²) in [7, 11) is 1.46. The summed E-state index contributed by atoms with van der Waals surface area (Å²) in [6, 6.07) is 0. The molecule has 35 heavy (non-hydrogen) atoms. The summed E-state index contributed by atoms with van der Waals surface area (Å²) >= 11 is 5.32. The first-order valence-corrected chi connectivity index (χ1v) is 12.8. The number of hydrogen-bond acceptors (Lipinski definition) is 7. The number of ether oxygens (including phenoxy) is 1. The molecule has 10 heteroatoms. The SMILES string of the molecule is COC(=O)C12CCC(CNC(=O)c3ncnc4c(N)c[nH]c34)(CC1)CC2.O=C(Cl)C1CCCCC1. The van der Waals surface area contributed by atoms with E-state index in [0.717, 1.165) is 51.4 Å². The number of esters is 1. The van der Waals surface area contributed by atoms with Crippen LogP contribution in [0.5, 0.6) is 0 Å². The third-order valence-corrected chi connectivity index (χ3v) is 8.59. The largest absolute Gasteiger partial charge is 0.469 e. The van der Waals surface area contributed by atoms with E-state index < -0.39 is 0 Å². The van der Waals surface area contributed by atoms with Crippen molar-refractivity contribution in [2.24, 2.45) is 16.7 Å². The van der Waals surface area contributed by atoms with Crippen LogP contribution in [0.15, 0.2) is 12.5 Å². The summed E-state index contributed by atoms with van der Waals surface area (Å²) in [6.45, 7) is 0.588. The third-order valence-electron chi connectivity index (χ3n) is 8.28. The first kappa shape index (κ1) is 25.4. The molecular formula is C25H34ClN5O4. The number of nitrogen functional groups attached to an aromatic ring is 1. The van der Waals surface area contributed by atoms with Gasteiger partial charge in [0.15, 0.2) is 5.69 Å². The van der Waals surface area contributed by atoms with E-state index >= 15 is 0 Å². The maximum Gasteiger partial charge on any atom is 0.311 e. The minimum absolute atomic E-state index is 0.0618. The Balaban J connectivity index is 0.000000271. The molecular weight excluding hydrogens is 470 g/mol. The zero-order valence-electron chi connectivity index (χ0n) is 20.2. The minimum atomic E-state index is -0.304. The molecule has 6 rings (SSSR count). The number of carbonyl (C=O) groups excluding carboxylic acids is 3. The molecule has 4 N–H and O–H groups in total. The van der Waals surface area contributed by atoms with Gasteiger partial charge in [-0.15, -0.1) is 0 Å². The number of fused-ring (bicyclic) bond motifs is 4. The summed E-state index contributed by atoms with van der Waals surface area (Å²) in [5.74, 6) is -0.132. The fourth-order valence-electron chi connectivity index (χ4n) is 5.86. The van der Waals surface area contributed by atoms with Crippen molar-refractivity contribution in [3.05, 3.63) is 18.2 Å². The van der Waals surface area contributed by atoms with Gasteiger partial charge in [0.1, 0.15) is 11.8 Å². The molecule has 0 aliphatic heterocycles. The zero-order chi connectivity index (χ0) is 25.1. The second-order valence-corrected chi connectivity index (χ2v) is 10.7. The highest BCUT2D eigenvalue weighted by molar-refractivity contribution is 6.63. The van der Waals surface area contributed by atoms with E-state index in [1.54, 1.807) is 6.20 Å². The Morgan fingerprint density at radius 1 is 1.11 bits per heavy atom. The number of hydrogen-bond donors (Lipinski definition) is 3. The first-order chi connectivity index (χ1) is 16.8. The molecule has 4 fully saturated rings. The van der Waals surface area contributed by atoms with Gasteiger partial charge in [-0.3, -0.25) is 14.4 Å². The molecule has 4 aliphatic carbocycles. The molecule has 0 spiro atoms. The second-order valence-electron chi connectivity index (χ2n) is 10.3. The Hall–Kier alpha value is -2.68. The van der Waals surface area contributed by atoms with E-state index in [4.69, 9.17) is 22.1 Å². The van der Waals surface area contributed by atoms with Gasteiger partial charge in [-0.1, -0.05) is 19.3 Å². The van der Waals surface area contributed by atoms with Gasteiger partial charge in [-0.25, -0.2) is 9.97 Å². The molecule has 0 atom stereocenters. The number of methoxy groups -OCH3 is 1. The Morgan fingerprint density at radius 2 is 1.77 bits per heavy atom. The Morgan fingerprint density at radius 3 is 2.34 bits per heavy atom. The van der Waals surface area contributed by atoms with Gasteiger partial charge in [-0.2, -0.15) is 0 Å². The van der Waals surface area contributed by atoms with Crippen LogP contribution in [0, 0.1) is 16.7 Å². The quantitative estimate of drug-likeness (QED) is 0.411. The standard InChI is InChI=1S/C18H23N5O3.C7H11ClO/c1-26-16(25)18-5-2-17(3-6-18,4-7-18)9-21-15(24)14-13-12(22-10-23-14)11(19)8-20-13;8-7(9)6-4-2-1-3-5-6/h8,10,20H,2-7,9,19H2,1H3,(H,21,24);6H,1-5H2. The minimum Gasteiger partial charge on any atom is -0.469 e. The van der Waals surface area contributed by atoms with Gasteiger partial charge in [0.2, 0.25) is 5.24 Å². The molecule has 0 unspecified atom stereocenters. The molecule has 2 bridgehead atoms. The van der Waals surface area contributed by atoms with Crippen LogP contribution in [0.4, 0.5) is 5.69 Å². The van der Waals surface area contributed by atoms with Gasteiger partial charge >= 0.3 is 5.97 Å². The smallest absolute Gasteiger partial charge is 0.311 e. The summed E-state index contributed by atoms with van der Waals surface area (Å²) < 4.78 is 5.00. The Labute approximate surface area is 209 Å². The number of anilines is 1. The normalized spacial score (nSPS) is 26.0. The summed E-state index contributed by atoms with van der Waals surface area (Å²) in [5.41, 5.74) is 7.51. The van der Waals surface area contributed by atoms with E-state index in [0.29, 0.717) is 29.0 Å². The first-order valence-electron chi connectivity index (χ1n) is 12.4. The van der Waals surface area contributed by atoms with Crippen molar-refractivity contribution < 1.29 is 19.1 Å². The maximum absolute atomic E-state index is 12.7. The molecule has 2 aromatic heterocycles. The van der Waals surface area contributed by atoms with E-state index in [9.17, 15) is 14.4 Å². The number of nitrogens with two attached hydrogens (primary N) is 1. The number of aromatic nitrogens is 3. The van der Waals surface area contributed by atoms with Gasteiger partial charge in [-0.05, 0) is 68.4 Å². The molecule has 0 saturated heterocycles. The van der Waals surface area contributed by atoms with Crippen molar-refractivity contribution in [2.45, 2.75) is 70.6 Å². The summed E-state index contributed by atoms with van der Waals surface area (Å²) in [6.07, 6.45) is 13.9. The third kappa shape index (κ3) is 5.29.